The second-order valence-electron chi connectivity index (χ2n) is 5.40. The highest BCUT2D eigenvalue weighted by Crippen LogP contribution is 2.32. The predicted molar refractivity (Wildman–Crippen MR) is 75.9 cm³/mol. The number of nitrogens with two attached hydrogens (primary N) is 1. The van der Waals surface area contributed by atoms with Crippen molar-refractivity contribution in [1.29, 1.82) is 0 Å². The third kappa shape index (κ3) is 2.33. The molecule has 1 saturated carbocycles. The number of hydrogen-bond donors (Lipinski definition) is 1. The molecule has 1 heterocycles. The number of hydrogen-bond acceptors (Lipinski definition) is 5. The summed E-state index contributed by atoms with van der Waals surface area (Å²) in [4.78, 5) is 24.8. The highest BCUT2D eigenvalue weighted by molar-refractivity contribution is 6.01. The van der Waals surface area contributed by atoms with Crippen LogP contribution in [0.2, 0.25) is 0 Å². The zero-order valence-electron chi connectivity index (χ0n) is 11.5. The summed E-state index contributed by atoms with van der Waals surface area (Å²) in [5.74, 6) is -0.239. The van der Waals surface area contributed by atoms with E-state index in [1.54, 1.807) is 11.0 Å². The van der Waals surface area contributed by atoms with Crippen LogP contribution >= 0.6 is 0 Å². The van der Waals surface area contributed by atoms with E-state index in [2.05, 4.69) is 0 Å². The maximum absolute atomic E-state index is 12.7. The van der Waals surface area contributed by atoms with Crippen molar-refractivity contribution in [2.45, 2.75) is 31.4 Å². The first kappa shape index (κ1) is 13.8. The molecule has 7 heteroatoms. The minimum atomic E-state index is -0.566. The van der Waals surface area contributed by atoms with Crippen molar-refractivity contribution >= 4 is 17.3 Å². The molecule has 1 aromatic carbocycles. The molecule has 2 N–H and O–H groups in total. The quantitative estimate of drug-likeness (QED) is 0.506. The van der Waals surface area contributed by atoms with Gasteiger partial charge in [0.05, 0.1) is 29.2 Å². The number of nitrogen functional groups attached to an aromatic ring is 1. The largest absolute Gasteiger partial charge is 0.393 e. The Morgan fingerprint density at radius 2 is 2.24 bits per heavy atom. The summed E-state index contributed by atoms with van der Waals surface area (Å²) in [6.07, 6.45) is 2.98. The zero-order valence-corrected chi connectivity index (χ0v) is 11.5. The highest BCUT2D eigenvalue weighted by Gasteiger charge is 2.39. The average Bonchev–Trinajstić information content (AvgIpc) is 2.94. The van der Waals surface area contributed by atoms with Crippen molar-refractivity contribution in [1.82, 2.24) is 4.90 Å². The van der Waals surface area contributed by atoms with Crippen LogP contribution < -0.4 is 5.73 Å². The summed E-state index contributed by atoms with van der Waals surface area (Å²) >= 11 is 0. The zero-order chi connectivity index (χ0) is 15.0. The van der Waals surface area contributed by atoms with Gasteiger partial charge >= 0.3 is 0 Å². The highest BCUT2D eigenvalue weighted by atomic mass is 16.6. The molecule has 1 aliphatic heterocycles. The van der Waals surface area contributed by atoms with Crippen molar-refractivity contribution < 1.29 is 14.5 Å². The lowest BCUT2D eigenvalue weighted by atomic mass is 10.1. The summed E-state index contributed by atoms with van der Waals surface area (Å²) in [6.45, 7) is 1.00. The van der Waals surface area contributed by atoms with Gasteiger partial charge in [-0.15, -0.1) is 0 Å². The molecule has 0 aromatic heterocycles. The van der Waals surface area contributed by atoms with Gasteiger partial charge < -0.3 is 15.4 Å². The molecule has 0 spiro atoms. The van der Waals surface area contributed by atoms with Crippen LogP contribution in [-0.2, 0) is 4.74 Å². The van der Waals surface area contributed by atoms with Gasteiger partial charge in [0.1, 0.15) is 5.69 Å². The lowest BCUT2D eigenvalue weighted by Crippen LogP contribution is -2.51. The Hall–Kier alpha value is -2.15. The molecule has 112 valence electrons. The summed E-state index contributed by atoms with van der Waals surface area (Å²) in [5, 5.41) is 10.9. The molecule has 2 aliphatic rings. The van der Waals surface area contributed by atoms with Gasteiger partial charge in [-0.2, -0.15) is 0 Å². The smallest absolute Gasteiger partial charge is 0.292 e. The number of nitrogens with zero attached hydrogens (tertiary/aromatic N) is 2. The Morgan fingerprint density at radius 3 is 3.00 bits per heavy atom. The molecular formula is C14H17N3O4. The van der Waals surface area contributed by atoms with Crippen LogP contribution in [0.3, 0.4) is 0 Å². The second-order valence-corrected chi connectivity index (χ2v) is 5.40. The number of ether oxygens (including phenoxy) is 1. The van der Waals surface area contributed by atoms with Crippen LogP contribution in [0.15, 0.2) is 18.2 Å². The van der Waals surface area contributed by atoms with E-state index in [1.807, 2.05) is 0 Å². The van der Waals surface area contributed by atoms with Crippen LogP contribution in [0.1, 0.15) is 29.6 Å². The fraction of sp³-hybridized carbons (Fsp3) is 0.500. The van der Waals surface area contributed by atoms with Crippen LogP contribution in [0.5, 0.6) is 0 Å². The Kier molecular flexibility index (Phi) is 3.50. The van der Waals surface area contributed by atoms with Crippen LogP contribution in [-0.4, -0.2) is 41.0 Å². The Balaban J connectivity index is 1.91. The minimum Gasteiger partial charge on any atom is -0.393 e. The molecule has 0 radical (unpaired) electrons. The summed E-state index contributed by atoms with van der Waals surface area (Å²) in [7, 11) is 0. The number of benzene rings is 1. The molecule has 7 nitrogen and oxygen atoms in total. The number of carbonyl (C=O) groups excluding carboxylic acids is 1. The lowest BCUT2D eigenvalue weighted by Gasteiger charge is -2.37. The summed E-state index contributed by atoms with van der Waals surface area (Å²) in [5.41, 5.74) is 5.73. The van der Waals surface area contributed by atoms with Crippen molar-refractivity contribution in [3.63, 3.8) is 0 Å². The number of amides is 1. The number of anilines is 1. The van der Waals surface area contributed by atoms with Crippen LogP contribution in [0, 0.1) is 10.1 Å². The molecule has 2 unspecified atom stereocenters. The summed E-state index contributed by atoms with van der Waals surface area (Å²) < 4.78 is 5.68. The van der Waals surface area contributed by atoms with E-state index in [9.17, 15) is 14.9 Å². The first-order chi connectivity index (χ1) is 10.1. The molecule has 1 amide bonds. The van der Waals surface area contributed by atoms with Gasteiger partial charge in [-0.1, -0.05) is 6.07 Å². The molecule has 3 rings (SSSR count). The van der Waals surface area contributed by atoms with E-state index in [0.29, 0.717) is 13.2 Å². The van der Waals surface area contributed by atoms with E-state index >= 15 is 0 Å². The van der Waals surface area contributed by atoms with Gasteiger partial charge in [0.15, 0.2) is 0 Å². The Morgan fingerprint density at radius 1 is 1.43 bits per heavy atom. The van der Waals surface area contributed by atoms with Gasteiger partial charge in [-0.05, 0) is 25.3 Å². The molecule has 2 atom stereocenters. The average molecular weight is 291 g/mol. The van der Waals surface area contributed by atoms with Crippen LogP contribution in [0.25, 0.3) is 0 Å². The normalized spacial score (nSPS) is 24.7. The fourth-order valence-electron chi connectivity index (χ4n) is 3.23. The number of nitro benzene ring substituents is 1. The maximum atomic E-state index is 12.7. The number of fused-ring (bicyclic) bond motifs is 1. The first-order valence-electron chi connectivity index (χ1n) is 7.05. The van der Waals surface area contributed by atoms with E-state index in [1.165, 1.54) is 12.1 Å². The Bertz CT molecular complexity index is 590. The van der Waals surface area contributed by atoms with Crippen molar-refractivity contribution in [2.24, 2.45) is 0 Å². The standard InChI is InChI=1S/C14H17N3O4/c15-13-9(3-1-5-11(13)17(19)20)14(18)16-7-8-21-12-6-2-4-10(12)16/h1,3,5,10,12H,2,4,6-8,15H2. The van der Waals surface area contributed by atoms with Gasteiger partial charge in [-0.3, -0.25) is 14.9 Å². The van der Waals surface area contributed by atoms with Gasteiger partial charge in [0, 0.05) is 12.6 Å². The molecule has 21 heavy (non-hydrogen) atoms. The molecule has 1 aromatic rings. The third-order valence-electron chi connectivity index (χ3n) is 4.25. The predicted octanol–water partition coefficient (Wildman–Crippen LogP) is 1.57. The van der Waals surface area contributed by atoms with Gasteiger partial charge in [0.25, 0.3) is 11.6 Å². The summed E-state index contributed by atoms with van der Waals surface area (Å²) in [6, 6.07) is 4.41. The van der Waals surface area contributed by atoms with Crippen molar-refractivity contribution in [2.75, 3.05) is 18.9 Å². The van der Waals surface area contributed by atoms with Crippen LogP contribution in [0.4, 0.5) is 11.4 Å². The minimum absolute atomic E-state index is 0.0601. The van der Waals surface area contributed by atoms with E-state index in [-0.39, 0.29) is 35.0 Å². The maximum Gasteiger partial charge on any atom is 0.292 e. The number of para-hydroxylation sites is 1. The first-order valence-corrected chi connectivity index (χ1v) is 7.05. The number of nitro groups is 1. The van der Waals surface area contributed by atoms with Gasteiger partial charge in [0.2, 0.25) is 0 Å². The SMILES string of the molecule is Nc1c(C(=O)N2CCOC3CCCC32)cccc1[N+](=O)[O-]. The van der Waals surface area contributed by atoms with Crippen molar-refractivity contribution in [3.8, 4) is 0 Å². The van der Waals surface area contributed by atoms with E-state index in [0.717, 1.165) is 19.3 Å². The Labute approximate surface area is 121 Å². The number of morpholine rings is 1. The van der Waals surface area contributed by atoms with Gasteiger partial charge in [-0.25, -0.2) is 0 Å². The van der Waals surface area contributed by atoms with Crippen molar-refractivity contribution in [3.05, 3.63) is 33.9 Å². The number of rotatable bonds is 2. The fourth-order valence-corrected chi connectivity index (χ4v) is 3.23. The molecule has 1 saturated heterocycles. The lowest BCUT2D eigenvalue weighted by molar-refractivity contribution is -0.383. The van der Waals surface area contributed by atoms with E-state index < -0.39 is 4.92 Å². The number of carbonyl (C=O) groups is 1. The molecule has 1 aliphatic carbocycles. The second kappa shape index (κ2) is 5.33. The molecule has 2 fully saturated rings. The third-order valence-corrected chi connectivity index (χ3v) is 4.25. The monoisotopic (exact) mass is 291 g/mol. The topological polar surface area (TPSA) is 98.7 Å². The molecular weight excluding hydrogens is 274 g/mol. The molecule has 0 bridgehead atoms. The van der Waals surface area contributed by atoms with E-state index in [4.69, 9.17) is 10.5 Å².